The third-order valence-corrected chi connectivity index (χ3v) is 0.633. The Hall–Kier alpha value is -0.720. The molecule has 0 spiro atoms. The first kappa shape index (κ1) is 6.28. The van der Waals surface area contributed by atoms with Gasteiger partial charge in [0.25, 0.3) is 0 Å². The van der Waals surface area contributed by atoms with Crippen LogP contribution in [0.4, 0.5) is 0 Å². The second-order valence-electron chi connectivity index (χ2n) is 1.21. The maximum Gasteiger partial charge on any atom is 0.110 e. The smallest absolute Gasteiger partial charge is 0.110 e. The van der Waals surface area contributed by atoms with Crippen molar-refractivity contribution in [2.45, 2.75) is 13.8 Å². The fraction of sp³-hybridized carbons (Fsp3) is 0.333. The molecule has 0 aliphatic heterocycles. The minimum atomic E-state index is 0.322. The van der Waals surface area contributed by atoms with E-state index in [1.54, 1.807) is 25.2 Å². The van der Waals surface area contributed by atoms with E-state index in [9.17, 15) is 0 Å². The Morgan fingerprint density at radius 1 is 1.43 bits per heavy atom. The fourth-order valence-electron chi connectivity index (χ4n) is 0.267. The standard InChI is InChI=1S/C6H10O/c1-3-5-6(7)4-2/h3-5,7H,1-2H3/b5-3-,6-4-. The molecule has 0 saturated carbocycles. The number of aliphatic hydroxyl groups excluding tert-OH is 1. The second kappa shape index (κ2) is 3.47. The van der Waals surface area contributed by atoms with Gasteiger partial charge in [-0.1, -0.05) is 6.08 Å². The molecule has 40 valence electrons. The quantitative estimate of drug-likeness (QED) is 0.393. The van der Waals surface area contributed by atoms with Crippen LogP contribution in [0.3, 0.4) is 0 Å². The Balaban J connectivity index is 3.58. The Morgan fingerprint density at radius 2 is 2.00 bits per heavy atom. The van der Waals surface area contributed by atoms with Crippen molar-refractivity contribution in [3.63, 3.8) is 0 Å². The summed E-state index contributed by atoms with van der Waals surface area (Å²) >= 11 is 0. The van der Waals surface area contributed by atoms with Crippen molar-refractivity contribution in [3.8, 4) is 0 Å². The van der Waals surface area contributed by atoms with Crippen molar-refractivity contribution in [2.75, 3.05) is 0 Å². The topological polar surface area (TPSA) is 20.2 Å². The van der Waals surface area contributed by atoms with Gasteiger partial charge in [0.05, 0.1) is 0 Å². The molecule has 7 heavy (non-hydrogen) atoms. The summed E-state index contributed by atoms with van der Waals surface area (Å²) in [7, 11) is 0. The molecule has 0 rings (SSSR count). The van der Waals surface area contributed by atoms with Crippen molar-refractivity contribution in [1.82, 2.24) is 0 Å². The molecular weight excluding hydrogens is 88.1 g/mol. The lowest BCUT2D eigenvalue weighted by Crippen LogP contribution is -1.67. The molecule has 0 aliphatic carbocycles. The molecule has 0 bridgehead atoms. The minimum absolute atomic E-state index is 0.322. The monoisotopic (exact) mass is 98.1 g/mol. The maximum absolute atomic E-state index is 8.63. The van der Waals surface area contributed by atoms with Gasteiger partial charge < -0.3 is 5.11 Å². The van der Waals surface area contributed by atoms with Crippen molar-refractivity contribution >= 4 is 0 Å². The molecule has 0 aliphatic rings. The van der Waals surface area contributed by atoms with Crippen molar-refractivity contribution in [2.24, 2.45) is 0 Å². The number of hydrogen-bond donors (Lipinski definition) is 1. The Bertz CT molecular complexity index is 90.4. The molecule has 0 radical (unpaired) electrons. The summed E-state index contributed by atoms with van der Waals surface area (Å²) in [5, 5.41) is 8.63. The van der Waals surface area contributed by atoms with Crippen LogP contribution in [0, 0.1) is 0 Å². The SMILES string of the molecule is C/C=C\C(O)=C\C. The van der Waals surface area contributed by atoms with Crippen LogP contribution in [0.2, 0.25) is 0 Å². The van der Waals surface area contributed by atoms with Crippen LogP contribution in [-0.4, -0.2) is 5.11 Å². The predicted octanol–water partition coefficient (Wildman–Crippen LogP) is 2.02. The lowest BCUT2D eigenvalue weighted by atomic mass is 10.4. The van der Waals surface area contributed by atoms with E-state index in [1.165, 1.54) is 0 Å². The maximum atomic E-state index is 8.63. The van der Waals surface area contributed by atoms with Crippen LogP contribution in [0.5, 0.6) is 0 Å². The highest BCUT2D eigenvalue weighted by atomic mass is 16.3. The highest BCUT2D eigenvalue weighted by molar-refractivity contribution is 5.07. The molecule has 0 heterocycles. The molecule has 1 heteroatoms. The Morgan fingerprint density at radius 3 is 2.14 bits per heavy atom. The molecule has 0 saturated heterocycles. The summed E-state index contributed by atoms with van der Waals surface area (Å²) in [4.78, 5) is 0. The predicted molar refractivity (Wildman–Crippen MR) is 31.2 cm³/mol. The zero-order chi connectivity index (χ0) is 5.70. The normalized spacial score (nSPS) is 13.1. The van der Waals surface area contributed by atoms with E-state index in [1.807, 2.05) is 6.92 Å². The van der Waals surface area contributed by atoms with Gasteiger partial charge >= 0.3 is 0 Å². The third kappa shape index (κ3) is 3.10. The van der Waals surface area contributed by atoms with Crippen LogP contribution >= 0.6 is 0 Å². The van der Waals surface area contributed by atoms with Gasteiger partial charge in [-0.05, 0) is 26.0 Å². The third-order valence-electron chi connectivity index (χ3n) is 0.633. The van der Waals surface area contributed by atoms with Gasteiger partial charge in [0.15, 0.2) is 0 Å². The van der Waals surface area contributed by atoms with E-state index in [-0.39, 0.29) is 0 Å². The van der Waals surface area contributed by atoms with Gasteiger partial charge in [0, 0.05) is 0 Å². The lowest BCUT2D eigenvalue weighted by Gasteiger charge is -1.81. The van der Waals surface area contributed by atoms with Crippen LogP contribution in [0.1, 0.15) is 13.8 Å². The average Bonchev–Trinajstić information content (AvgIpc) is 1.68. The molecule has 0 amide bonds. The van der Waals surface area contributed by atoms with Gasteiger partial charge in [-0.15, -0.1) is 0 Å². The molecule has 0 unspecified atom stereocenters. The largest absolute Gasteiger partial charge is 0.508 e. The van der Waals surface area contributed by atoms with Gasteiger partial charge in [-0.2, -0.15) is 0 Å². The molecule has 0 aromatic rings. The summed E-state index contributed by atoms with van der Waals surface area (Å²) in [5.41, 5.74) is 0. The van der Waals surface area contributed by atoms with E-state index in [0.29, 0.717) is 5.76 Å². The summed E-state index contributed by atoms with van der Waals surface area (Å²) in [6, 6.07) is 0. The number of rotatable bonds is 1. The first-order valence-corrected chi connectivity index (χ1v) is 2.29. The zero-order valence-electron chi connectivity index (χ0n) is 4.68. The van der Waals surface area contributed by atoms with E-state index in [0.717, 1.165) is 0 Å². The molecule has 0 fully saturated rings. The molecular formula is C6H10O. The number of aliphatic hydroxyl groups is 1. The average molecular weight is 98.1 g/mol. The van der Waals surface area contributed by atoms with E-state index < -0.39 is 0 Å². The summed E-state index contributed by atoms with van der Waals surface area (Å²) in [6.07, 6.45) is 5.06. The highest BCUT2D eigenvalue weighted by Gasteiger charge is 1.72. The van der Waals surface area contributed by atoms with Crippen LogP contribution in [0.15, 0.2) is 24.0 Å². The van der Waals surface area contributed by atoms with Gasteiger partial charge in [-0.25, -0.2) is 0 Å². The van der Waals surface area contributed by atoms with Crippen molar-refractivity contribution in [3.05, 3.63) is 24.0 Å². The zero-order valence-corrected chi connectivity index (χ0v) is 4.68. The van der Waals surface area contributed by atoms with Crippen LogP contribution in [0.25, 0.3) is 0 Å². The summed E-state index contributed by atoms with van der Waals surface area (Å²) < 4.78 is 0. The Kier molecular flexibility index (Phi) is 3.11. The Labute approximate surface area is 44.0 Å². The highest BCUT2D eigenvalue weighted by Crippen LogP contribution is 1.86. The first-order valence-electron chi connectivity index (χ1n) is 2.29. The van der Waals surface area contributed by atoms with Crippen molar-refractivity contribution in [1.29, 1.82) is 0 Å². The molecule has 0 aromatic carbocycles. The molecule has 0 aromatic heterocycles. The molecule has 0 atom stereocenters. The lowest BCUT2D eigenvalue weighted by molar-refractivity contribution is 0.431. The van der Waals surface area contributed by atoms with Gasteiger partial charge in [0.2, 0.25) is 0 Å². The first-order chi connectivity index (χ1) is 3.31. The van der Waals surface area contributed by atoms with Gasteiger partial charge in [-0.3, -0.25) is 0 Å². The second-order valence-corrected chi connectivity index (χ2v) is 1.21. The number of allylic oxidation sites excluding steroid dienone is 3. The fourth-order valence-corrected chi connectivity index (χ4v) is 0.267. The number of hydrogen-bond acceptors (Lipinski definition) is 1. The summed E-state index contributed by atoms with van der Waals surface area (Å²) in [6.45, 7) is 3.65. The van der Waals surface area contributed by atoms with Gasteiger partial charge in [0.1, 0.15) is 5.76 Å². The van der Waals surface area contributed by atoms with E-state index in [2.05, 4.69) is 0 Å². The van der Waals surface area contributed by atoms with Crippen LogP contribution < -0.4 is 0 Å². The van der Waals surface area contributed by atoms with Crippen LogP contribution in [-0.2, 0) is 0 Å². The molecule has 1 nitrogen and oxygen atoms in total. The molecule has 1 N–H and O–H groups in total. The minimum Gasteiger partial charge on any atom is -0.508 e. The van der Waals surface area contributed by atoms with E-state index >= 15 is 0 Å². The van der Waals surface area contributed by atoms with Crippen molar-refractivity contribution < 1.29 is 5.11 Å². The van der Waals surface area contributed by atoms with E-state index in [4.69, 9.17) is 5.11 Å². The summed E-state index contributed by atoms with van der Waals surface area (Å²) in [5.74, 6) is 0.322.